The zero-order chi connectivity index (χ0) is 35.0. The minimum Gasteiger partial charge on any atom is -0.464 e. The van der Waals surface area contributed by atoms with Crippen LogP contribution in [0.3, 0.4) is 0 Å². The summed E-state index contributed by atoms with van der Waals surface area (Å²) in [6, 6.07) is 1.93. The van der Waals surface area contributed by atoms with E-state index >= 15 is 0 Å². The Labute approximate surface area is 225 Å². The van der Waals surface area contributed by atoms with Crippen molar-refractivity contribution in [2.24, 2.45) is 0 Å². The molecule has 0 saturated carbocycles. The van der Waals surface area contributed by atoms with Crippen LogP contribution in [-0.4, -0.2) is 0 Å². The highest BCUT2D eigenvalue weighted by Gasteiger charge is 2.20. The Kier molecular flexibility index (Phi) is 2.21. The largest absolute Gasteiger partial charge is 0.464 e. The molecule has 0 aliphatic carbocycles. The second kappa shape index (κ2) is 7.34. The van der Waals surface area contributed by atoms with Gasteiger partial charge in [0.05, 0.1) is 24.1 Å². The predicted octanol–water partition coefficient (Wildman–Crippen LogP) is 9.97. The molecule has 0 unspecified atom stereocenters. The van der Waals surface area contributed by atoms with Crippen LogP contribution in [-0.2, 0) is 0 Å². The first-order valence-corrected chi connectivity index (χ1v) is 11.1. The van der Waals surface area contributed by atoms with Crippen molar-refractivity contribution in [3.8, 4) is 22.3 Å². The molecule has 0 atom stereocenters. The molecule has 0 spiro atoms. The van der Waals surface area contributed by atoms with Gasteiger partial charge in [-0.15, -0.1) is 0 Å². The van der Waals surface area contributed by atoms with E-state index in [-0.39, 0.29) is 43.8 Å². The van der Waals surface area contributed by atoms with Crippen molar-refractivity contribution in [1.29, 1.82) is 0 Å². The second-order valence-corrected chi connectivity index (χ2v) is 8.34. The molecule has 2 aromatic heterocycles. The minimum atomic E-state index is -0.721. The lowest BCUT2D eigenvalue weighted by Crippen LogP contribution is -1.90. The van der Waals surface area contributed by atoms with Crippen molar-refractivity contribution in [2.75, 3.05) is 0 Å². The summed E-state index contributed by atoms with van der Waals surface area (Å²) < 4.78 is 126. The molecule has 0 fully saturated rings. The summed E-state index contributed by atoms with van der Waals surface area (Å²) in [4.78, 5) is 0. The summed E-state index contributed by atoms with van der Waals surface area (Å²) in [5.74, 6) is 0. The molecule has 0 aliphatic rings. The molecule has 0 bridgehead atoms. The van der Waals surface area contributed by atoms with E-state index in [0.717, 1.165) is 5.39 Å². The van der Waals surface area contributed by atoms with Crippen LogP contribution in [0.2, 0.25) is 0 Å². The number of para-hydroxylation sites is 1. The number of benzene rings is 6. The van der Waals surface area contributed by atoms with Gasteiger partial charge in [0.2, 0.25) is 0 Å². The zero-order valence-electron chi connectivity index (χ0n) is 31.4. The Morgan fingerprint density at radius 1 is 0.556 bits per heavy atom. The van der Waals surface area contributed by atoms with Crippen LogP contribution in [0.15, 0.2) is 130 Å². The maximum absolute atomic E-state index is 9.17. The summed E-state index contributed by atoms with van der Waals surface area (Å²) >= 11 is 0. The fourth-order valence-electron chi connectivity index (χ4n) is 4.97. The Balaban J connectivity index is 1.71. The zero-order valence-corrected chi connectivity index (χ0v) is 18.4. The number of rotatable bonds is 2. The van der Waals surface area contributed by atoms with Gasteiger partial charge in [-0.2, -0.15) is 0 Å². The van der Waals surface area contributed by atoms with E-state index in [0.29, 0.717) is 21.9 Å². The Morgan fingerprint density at radius 3 is 1.94 bits per heavy atom. The van der Waals surface area contributed by atoms with Crippen LogP contribution in [0.25, 0.3) is 76.7 Å². The van der Waals surface area contributed by atoms with Crippen molar-refractivity contribution in [3.05, 3.63) is 121 Å². The maximum Gasteiger partial charge on any atom is 0.143 e. The van der Waals surface area contributed by atoms with Crippen LogP contribution in [0.5, 0.6) is 0 Å². The molecule has 2 heteroatoms. The minimum absolute atomic E-state index is 0.00783. The van der Waals surface area contributed by atoms with Gasteiger partial charge in [0.15, 0.2) is 0 Å². The number of hydrogen-bond acceptors (Lipinski definition) is 2. The molecular weight excluding hydrogens is 440 g/mol. The Morgan fingerprint density at radius 2 is 1.22 bits per heavy atom. The highest BCUT2D eigenvalue weighted by molar-refractivity contribution is 6.24. The van der Waals surface area contributed by atoms with Crippen molar-refractivity contribution in [3.63, 3.8) is 0 Å². The maximum atomic E-state index is 9.17. The lowest BCUT2D eigenvalue weighted by atomic mass is 9.85. The molecule has 8 rings (SSSR count). The molecule has 0 N–H and O–H groups in total. The van der Waals surface area contributed by atoms with E-state index in [4.69, 9.17) is 26.7 Å². The van der Waals surface area contributed by atoms with Crippen molar-refractivity contribution >= 4 is 54.5 Å². The van der Waals surface area contributed by atoms with Gasteiger partial charge in [-0.3, -0.25) is 0 Å². The number of fused-ring (bicyclic) bond motifs is 6. The number of hydrogen-bond donors (Lipinski definition) is 0. The van der Waals surface area contributed by atoms with Crippen LogP contribution >= 0.6 is 0 Å². The lowest BCUT2D eigenvalue weighted by molar-refractivity contribution is 0.616. The molecular formula is C34H20O2. The van der Waals surface area contributed by atoms with Crippen molar-refractivity contribution in [1.82, 2.24) is 0 Å². The van der Waals surface area contributed by atoms with Crippen LogP contribution in [0.4, 0.5) is 0 Å². The van der Waals surface area contributed by atoms with Gasteiger partial charge in [0, 0.05) is 27.3 Å². The third-order valence-corrected chi connectivity index (χ3v) is 6.47. The summed E-state index contributed by atoms with van der Waals surface area (Å²) in [7, 11) is 0. The fourth-order valence-corrected chi connectivity index (χ4v) is 4.97. The smallest absolute Gasteiger partial charge is 0.143 e. The molecule has 8 aromatic rings. The van der Waals surface area contributed by atoms with Gasteiger partial charge in [0.1, 0.15) is 16.7 Å². The molecule has 0 saturated heterocycles. The van der Waals surface area contributed by atoms with E-state index in [1.54, 1.807) is 42.7 Å². The first-order valence-electron chi connectivity index (χ1n) is 17.6. The monoisotopic (exact) mass is 473 g/mol. The molecule has 168 valence electrons. The summed E-state index contributed by atoms with van der Waals surface area (Å²) in [6.45, 7) is 0. The van der Waals surface area contributed by atoms with Crippen LogP contribution in [0.1, 0.15) is 17.8 Å². The van der Waals surface area contributed by atoms with Crippen molar-refractivity contribution < 1.29 is 26.7 Å². The molecule has 0 aliphatic heterocycles. The number of furan rings is 2. The van der Waals surface area contributed by atoms with Crippen molar-refractivity contribution in [2.45, 2.75) is 0 Å². The first kappa shape index (κ1) is 10.8. The van der Waals surface area contributed by atoms with Gasteiger partial charge < -0.3 is 8.83 Å². The fraction of sp³-hybridized carbons (Fsp3) is 0. The van der Waals surface area contributed by atoms with Gasteiger partial charge in [-0.25, -0.2) is 0 Å². The van der Waals surface area contributed by atoms with Gasteiger partial charge in [-0.05, 0) is 50.9 Å². The molecule has 0 radical (unpaired) electrons. The van der Waals surface area contributed by atoms with Gasteiger partial charge in [-0.1, -0.05) is 96.8 Å². The quantitative estimate of drug-likeness (QED) is 0.233. The first-order chi connectivity index (χ1) is 23.3. The summed E-state index contributed by atoms with van der Waals surface area (Å²) in [6.07, 6.45) is 1.55. The highest BCUT2D eigenvalue weighted by atomic mass is 16.3. The van der Waals surface area contributed by atoms with E-state index in [1.807, 2.05) is 0 Å². The molecule has 2 heterocycles. The molecule has 0 amide bonds. The van der Waals surface area contributed by atoms with E-state index in [1.165, 1.54) is 0 Å². The average Bonchev–Trinajstić information content (AvgIpc) is 3.71. The molecule has 6 aromatic carbocycles. The lowest BCUT2D eigenvalue weighted by Gasteiger charge is -2.17. The second-order valence-electron chi connectivity index (χ2n) is 8.34. The highest BCUT2D eigenvalue weighted by Crippen LogP contribution is 2.46. The van der Waals surface area contributed by atoms with Gasteiger partial charge in [0.25, 0.3) is 0 Å². The molecule has 36 heavy (non-hydrogen) atoms. The average molecular weight is 474 g/mol. The van der Waals surface area contributed by atoms with E-state index < -0.39 is 84.1 Å². The Hall–Kier alpha value is -4.82. The summed E-state index contributed by atoms with van der Waals surface area (Å²) in [5.41, 5.74) is 0.806. The normalized spacial score (nSPS) is 16.9. The third kappa shape index (κ3) is 2.67. The summed E-state index contributed by atoms with van der Waals surface area (Å²) in [5, 5.41) is 1.15. The topological polar surface area (TPSA) is 26.3 Å². The van der Waals surface area contributed by atoms with E-state index in [2.05, 4.69) is 0 Å². The molecule has 2 nitrogen and oxygen atoms in total. The van der Waals surface area contributed by atoms with Gasteiger partial charge >= 0.3 is 0 Å². The van der Waals surface area contributed by atoms with Crippen LogP contribution in [0, 0.1) is 0 Å². The van der Waals surface area contributed by atoms with E-state index in [9.17, 15) is 0 Å². The Bertz CT molecular complexity index is 2710. The SMILES string of the molecule is [2H]c1c([2H])c([2H])c(-c2c3c([2H])c([2H])c([2H])c([2H])c3c(-c3cccc4c3oc3cc5ccoc5cc34)c3c([2H])c([2H])c([2H])c([2H])c23)c([2H])c1[2H]. The standard InChI is InChI=1S/C34H20O2/c1-2-9-21(10-3-1)32-23-11-4-6-13-25(23)33(26-14-7-5-12-24(26)32)28-16-8-15-27-29-20-30-22(17-18-35-30)19-31(29)36-34(27)28/h1-20H/i1D,2D,3D,4D,5D,6D,7D,9D,10D,11D,12D,13D,14D. The third-order valence-electron chi connectivity index (χ3n) is 6.47. The predicted molar refractivity (Wildman–Crippen MR) is 149 cm³/mol. The van der Waals surface area contributed by atoms with Crippen LogP contribution < -0.4 is 0 Å².